The molecule has 0 radical (unpaired) electrons. The van der Waals surface area contributed by atoms with Gasteiger partial charge >= 0.3 is 0 Å². The number of carbonyl (C=O) groups is 1. The second kappa shape index (κ2) is 7.67. The highest BCUT2D eigenvalue weighted by atomic mass is 31.1. The lowest BCUT2D eigenvalue weighted by molar-refractivity contribution is 0.0752. The van der Waals surface area contributed by atoms with Crippen molar-refractivity contribution in [1.82, 2.24) is 4.90 Å². The van der Waals surface area contributed by atoms with Crippen LogP contribution in [0.25, 0.3) is 5.57 Å². The van der Waals surface area contributed by atoms with Crippen LogP contribution in [0, 0.1) is 0 Å². The van der Waals surface area contributed by atoms with E-state index in [9.17, 15) is 14.5 Å². The van der Waals surface area contributed by atoms with Crippen molar-refractivity contribution in [3.8, 4) is 5.75 Å². The van der Waals surface area contributed by atoms with Gasteiger partial charge in [-0.2, -0.15) is 0 Å². The number of nitrogens with zero attached hydrogens (tertiary/aromatic N) is 1. The first kappa shape index (κ1) is 18.7. The van der Waals surface area contributed by atoms with Crippen LogP contribution in [0.4, 0.5) is 0 Å². The Bertz CT molecular complexity index is 911. The van der Waals surface area contributed by atoms with Gasteiger partial charge in [-0.3, -0.25) is 9.36 Å². The Hall–Kier alpha value is -2.06. The van der Waals surface area contributed by atoms with E-state index in [4.69, 9.17) is 4.52 Å². The summed E-state index contributed by atoms with van der Waals surface area (Å²) in [5.41, 5.74) is 4.74. The Kier molecular flexibility index (Phi) is 5.52. The number of amides is 1. The zero-order valence-electron chi connectivity index (χ0n) is 14.4. The molecule has 2 aromatic rings. The fourth-order valence-corrected chi connectivity index (χ4v) is 3.73. The van der Waals surface area contributed by atoms with Crippen molar-refractivity contribution < 1.29 is 19.0 Å². The fraction of sp³-hybridized carbons (Fsp3) is 0.211. The molecule has 1 aliphatic heterocycles. The summed E-state index contributed by atoms with van der Waals surface area (Å²) >= 11 is 0. The lowest BCUT2D eigenvalue weighted by atomic mass is 10.0. The molecule has 5 nitrogen and oxygen atoms in total. The van der Waals surface area contributed by atoms with E-state index in [0.29, 0.717) is 35.3 Å². The number of aliphatic hydroxyl groups excluding tert-OH is 1. The summed E-state index contributed by atoms with van der Waals surface area (Å²) in [6, 6.07) is 9.00. The molecule has 26 heavy (non-hydrogen) atoms. The van der Waals surface area contributed by atoms with Crippen LogP contribution in [0.15, 0.2) is 36.9 Å². The van der Waals surface area contributed by atoms with Crippen LogP contribution >= 0.6 is 17.9 Å². The first-order valence-corrected chi connectivity index (χ1v) is 9.31. The minimum atomic E-state index is -0.246. The van der Waals surface area contributed by atoms with Gasteiger partial charge in [0.05, 0.1) is 26.9 Å². The minimum Gasteiger partial charge on any atom is -0.480 e. The molecule has 1 heterocycles. The maximum atomic E-state index is 13.1. The van der Waals surface area contributed by atoms with Crippen LogP contribution in [-0.4, -0.2) is 15.9 Å². The van der Waals surface area contributed by atoms with E-state index in [0.717, 1.165) is 22.3 Å². The normalized spacial score (nSPS) is 13.0. The van der Waals surface area contributed by atoms with E-state index in [2.05, 4.69) is 16.0 Å². The summed E-state index contributed by atoms with van der Waals surface area (Å²) in [6.07, 6.45) is 0. The summed E-state index contributed by atoms with van der Waals surface area (Å²) in [7, 11) is 1.91. The van der Waals surface area contributed by atoms with E-state index in [-0.39, 0.29) is 21.0 Å². The topological polar surface area (TPSA) is 66.8 Å². The predicted octanol–water partition coefficient (Wildman–Crippen LogP) is 3.45. The average molecular weight is 387 g/mol. The van der Waals surface area contributed by atoms with Gasteiger partial charge in [0, 0.05) is 18.7 Å². The molecule has 0 fully saturated rings. The zero-order chi connectivity index (χ0) is 18.8. The lowest BCUT2D eigenvalue weighted by Crippen LogP contribution is -2.28. The number of benzene rings is 2. The van der Waals surface area contributed by atoms with Crippen LogP contribution in [0.2, 0.25) is 0 Å². The Balaban J connectivity index is 1.96. The van der Waals surface area contributed by atoms with Crippen LogP contribution in [0.5, 0.6) is 5.75 Å². The van der Waals surface area contributed by atoms with Crippen molar-refractivity contribution in [2.75, 3.05) is 0 Å². The molecule has 1 N–H and O–H groups in total. The number of hydrogen-bond acceptors (Lipinski definition) is 4. The average Bonchev–Trinajstić information content (AvgIpc) is 3.09. The van der Waals surface area contributed by atoms with Crippen LogP contribution < -0.4 is 9.83 Å². The van der Waals surface area contributed by atoms with Gasteiger partial charge in [0.15, 0.2) is 8.46 Å². The summed E-state index contributed by atoms with van der Waals surface area (Å²) in [5, 5.41) is 9.66. The lowest BCUT2D eigenvalue weighted by Gasteiger charge is -2.18. The van der Waals surface area contributed by atoms with E-state index in [1.165, 1.54) is 0 Å². The Morgan fingerprint density at radius 1 is 1.27 bits per heavy atom. The third-order valence-electron chi connectivity index (χ3n) is 4.48. The number of rotatable bonds is 5. The van der Waals surface area contributed by atoms with Gasteiger partial charge in [0.25, 0.3) is 5.91 Å². The van der Waals surface area contributed by atoms with Crippen molar-refractivity contribution in [1.29, 1.82) is 0 Å². The molecule has 1 amide bonds. The Morgan fingerprint density at radius 2 is 2.00 bits per heavy atom. The Labute approximate surface area is 156 Å². The summed E-state index contributed by atoms with van der Waals surface area (Å²) in [6.45, 7) is 6.66. The number of hydrogen-bond donors (Lipinski definition) is 1. The van der Waals surface area contributed by atoms with E-state index < -0.39 is 0 Å². The van der Waals surface area contributed by atoms with E-state index >= 15 is 0 Å². The van der Waals surface area contributed by atoms with Crippen molar-refractivity contribution >= 4 is 34.7 Å². The molecule has 1 unspecified atom stereocenters. The molecular weight excluding hydrogens is 368 g/mol. The second-order valence-corrected chi connectivity index (χ2v) is 7.18. The number of fused-ring (bicyclic) bond motifs is 1. The number of carbonyl (C=O) groups excluding carboxylic acids is 1. The molecule has 2 aromatic carbocycles. The third-order valence-corrected chi connectivity index (χ3v) is 5.30. The molecule has 0 aliphatic carbocycles. The van der Waals surface area contributed by atoms with Crippen molar-refractivity contribution in [3.63, 3.8) is 0 Å². The fourth-order valence-electron chi connectivity index (χ4n) is 3.11. The minimum absolute atomic E-state index is 0.0289. The van der Waals surface area contributed by atoms with Crippen LogP contribution in [0.1, 0.15) is 39.5 Å². The zero-order valence-corrected chi connectivity index (χ0v) is 16.4. The van der Waals surface area contributed by atoms with Crippen LogP contribution in [-0.2, 0) is 24.3 Å². The summed E-state index contributed by atoms with van der Waals surface area (Å²) in [4.78, 5) is 14.8. The molecule has 134 valence electrons. The van der Waals surface area contributed by atoms with Crippen molar-refractivity contribution in [2.45, 2.75) is 26.6 Å². The Morgan fingerprint density at radius 3 is 2.62 bits per heavy atom. The van der Waals surface area contributed by atoms with E-state index in [1.54, 1.807) is 17.0 Å². The van der Waals surface area contributed by atoms with Crippen molar-refractivity contribution in [3.05, 3.63) is 64.7 Å². The molecule has 7 heteroatoms. The van der Waals surface area contributed by atoms with E-state index in [1.807, 2.05) is 25.1 Å². The first-order valence-electron chi connectivity index (χ1n) is 8.03. The SMILES string of the molecule is C=C(C)c1cc(C(=O)N2Cc3ccc(CO)cc3C2)c(P=O)cc1OP. The van der Waals surface area contributed by atoms with Crippen molar-refractivity contribution in [2.24, 2.45) is 0 Å². The number of allylic oxidation sites excluding steroid dienone is 1. The third kappa shape index (κ3) is 3.43. The van der Waals surface area contributed by atoms with Gasteiger partial charge in [0.1, 0.15) is 5.75 Å². The maximum absolute atomic E-state index is 13.1. The monoisotopic (exact) mass is 387 g/mol. The summed E-state index contributed by atoms with van der Waals surface area (Å²) in [5.74, 6) is 0.317. The highest BCUT2D eigenvalue weighted by molar-refractivity contribution is 7.34. The maximum Gasteiger partial charge on any atom is 0.255 e. The van der Waals surface area contributed by atoms with Gasteiger partial charge in [-0.05, 0) is 41.3 Å². The molecule has 1 atom stereocenters. The molecule has 0 aromatic heterocycles. The first-order chi connectivity index (χ1) is 12.5. The standard InChI is InChI=1S/C19H19NO4P2/c1-11(2)15-6-16(18(26-23)7-17(15)24-25)19(22)20-8-13-4-3-12(10-21)5-14(13)9-20/h3-7,21H,1,8-10,25H2,2H3. The molecule has 0 saturated carbocycles. The summed E-state index contributed by atoms with van der Waals surface area (Å²) < 4.78 is 16.9. The molecule has 0 saturated heterocycles. The smallest absolute Gasteiger partial charge is 0.255 e. The van der Waals surface area contributed by atoms with Gasteiger partial charge < -0.3 is 14.5 Å². The molecule has 3 rings (SSSR count). The molecule has 0 spiro atoms. The second-order valence-electron chi connectivity index (χ2n) is 6.28. The molecule has 1 aliphatic rings. The highest BCUT2D eigenvalue weighted by Crippen LogP contribution is 2.30. The largest absolute Gasteiger partial charge is 0.480 e. The van der Waals surface area contributed by atoms with Gasteiger partial charge in [-0.25, -0.2) is 0 Å². The molecule has 0 bridgehead atoms. The highest BCUT2D eigenvalue weighted by Gasteiger charge is 2.27. The van der Waals surface area contributed by atoms with Gasteiger partial charge in [-0.1, -0.05) is 24.8 Å². The predicted molar refractivity (Wildman–Crippen MR) is 105 cm³/mol. The van der Waals surface area contributed by atoms with Gasteiger partial charge in [0.2, 0.25) is 0 Å². The van der Waals surface area contributed by atoms with Gasteiger partial charge in [-0.15, -0.1) is 0 Å². The number of aliphatic hydroxyl groups is 1. The quantitative estimate of drug-likeness (QED) is 0.798. The molecular formula is C19H19NO4P2. The van der Waals surface area contributed by atoms with Crippen LogP contribution in [0.3, 0.4) is 0 Å².